The molecule has 1 aromatic carbocycles. The first-order valence-electron chi connectivity index (χ1n) is 10.4. The maximum Gasteiger partial charge on any atom is 0.449 e. The Balaban J connectivity index is 1.36. The molecular weight excluding hydrogens is 441 g/mol. The number of nitrogens with one attached hydrogen (secondary N) is 3. The van der Waals surface area contributed by atoms with Gasteiger partial charge in [-0.1, -0.05) is 0 Å². The predicted octanol–water partition coefficient (Wildman–Crippen LogP) is 2.72. The monoisotopic (exact) mass is 464 g/mol. The quantitative estimate of drug-likeness (QED) is 0.537. The first kappa shape index (κ1) is 22.8. The fraction of sp³-hybridized carbons (Fsp3) is 0.429. The number of aromatic amines is 2. The summed E-state index contributed by atoms with van der Waals surface area (Å²) in [6, 6.07) is 4.22. The molecule has 0 bridgehead atoms. The number of benzene rings is 1. The molecule has 9 nitrogen and oxygen atoms in total. The van der Waals surface area contributed by atoms with Gasteiger partial charge in [0.05, 0.1) is 29.9 Å². The van der Waals surface area contributed by atoms with Crippen LogP contribution in [0.5, 0.6) is 0 Å². The Morgan fingerprint density at radius 1 is 1.30 bits per heavy atom. The average Bonchev–Trinajstić information content (AvgIpc) is 3.35. The molecule has 0 aliphatic carbocycles. The number of carbonyl (C=O) groups is 2. The van der Waals surface area contributed by atoms with Crippen LogP contribution in [0.15, 0.2) is 18.2 Å². The van der Waals surface area contributed by atoms with Gasteiger partial charge in [-0.25, -0.2) is 4.98 Å². The van der Waals surface area contributed by atoms with Gasteiger partial charge in [-0.15, -0.1) is 0 Å². The molecule has 0 radical (unpaired) electrons. The van der Waals surface area contributed by atoms with Gasteiger partial charge in [0.25, 0.3) is 5.91 Å². The Hall–Kier alpha value is -3.41. The second kappa shape index (κ2) is 8.85. The van der Waals surface area contributed by atoms with Crippen molar-refractivity contribution in [2.24, 2.45) is 0 Å². The van der Waals surface area contributed by atoms with Gasteiger partial charge in [-0.05, 0) is 44.0 Å². The van der Waals surface area contributed by atoms with Gasteiger partial charge in [0.2, 0.25) is 11.7 Å². The largest absolute Gasteiger partial charge is 0.449 e. The molecule has 1 aliphatic heterocycles. The van der Waals surface area contributed by atoms with E-state index in [1.807, 2.05) is 13.8 Å². The van der Waals surface area contributed by atoms with Crippen LogP contribution in [0.25, 0.3) is 11.0 Å². The molecule has 176 valence electrons. The lowest BCUT2D eigenvalue weighted by Crippen LogP contribution is -2.50. The number of imidazole rings is 1. The van der Waals surface area contributed by atoms with E-state index in [-0.39, 0.29) is 36.5 Å². The molecule has 1 fully saturated rings. The minimum atomic E-state index is -4.59. The maximum absolute atomic E-state index is 12.8. The van der Waals surface area contributed by atoms with Crippen molar-refractivity contribution < 1.29 is 27.5 Å². The third-order valence-electron chi connectivity index (χ3n) is 5.60. The number of nitrogens with zero attached hydrogens (tertiary/aromatic N) is 3. The van der Waals surface area contributed by atoms with Crippen molar-refractivity contribution >= 4 is 28.5 Å². The number of morpholine rings is 1. The molecule has 2 aromatic heterocycles. The highest BCUT2D eigenvalue weighted by molar-refractivity contribution is 5.96. The Bertz CT molecular complexity index is 1170. The zero-order valence-electron chi connectivity index (χ0n) is 18.0. The number of ether oxygens (including phenoxy) is 1. The fourth-order valence-corrected chi connectivity index (χ4v) is 3.81. The molecule has 3 aromatic rings. The van der Waals surface area contributed by atoms with Crippen molar-refractivity contribution in [3.05, 3.63) is 41.0 Å². The topological polar surface area (TPSA) is 116 Å². The van der Waals surface area contributed by atoms with Crippen LogP contribution in [0.2, 0.25) is 0 Å². The SMILES string of the molecule is Cc1n[nH]c(C)c1CCC(=O)N1CCOC(C(=O)Nc2ccc3nc(C(F)(F)F)[nH]c3c2)C1. The number of carbonyl (C=O) groups excluding carboxylic acids is 2. The molecule has 1 saturated heterocycles. The highest BCUT2D eigenvalue weighted by atomic mass is 19.4. The number of halogens is 3. The van der Waals surface area contributed by atoms with E-state index in [9.17, 15) is 22.8 Å². The van der Waals surface area contributed by atoms with E-state index < -0.39 is 24.0 Å². The summed E-state index contributed by atoms with van der Waals surface area (Å²) in [4.78, 5) is 32.7. The molecule has 0 saturated carbocycles. The summed E-state index contributed by atoms with van der Waals surface area (Å²) in [5, 5.41) is 9.66. The number of aromatic nitrogens is 4. The summed E-state index contributed by atoms with van der Waals surface area (Å²) in [6.45, 7) is 4.47. The summed E-state index contributed by atoms with van der Waals surface area (Å²) >= 11 is 0. The van der Waals surface area contributed by atoms with Crippen molar-refractivity contribution in [1.29, 1.82) is 0 Å². The van der Waals surface area contributed by atoms with Crippen LogP contribution < -0.4 is 5.32 Å². The van der Waals surface area contributed by atoms with E-state index >= 15 is 0 Å². The van der Waals surface area contributed by atoms with E-state index in [0.717, 1.165) is 17.0 Å². The number of rotatable bonds is 5. The number of alkyl halides is 3. The molecule has 2 amide bonds. The van der Waals surface area contributed by atoms with E-state index in [2.05, 4.69) is 25.5 Å². The first-order chi connectivity index (χ1) is 15.6. The van der Waals surface area contributed by atoms with Gasteiger partial charge in [0.15, 0.2) is 6.10 Å². The summed E-state index contributed by atoms with van der Waals surface area (Å²) in [5.74, 6) is -1.68. The zero-order valence-corrected chi connectivity index (χ0v) is 18.0. The van der Waals surface area contributed by atoms with Gasteiger partial charge >= 0.3 is 6.18 Å². The molecule has 33 heavy (non-hydrogen) atoms. The number of aryl methyl sites for hydroxylation is 2. The molecule has 4 rings (SSSR count). The van der Waals surface area contributed by atoms with Gasteiger partial charge in [0, 0.05) is 24.3 Å². The van der Waals surface area contributed by atoms with Crippen LogP contribution in [0.4, 0.5) is 18.9 Å². The molecule has 3 heterocycles. The van der Waals surface area contributed by atoms with E-state index in [4.69, 9.17) is 4.74 Å². The normalized spacial score (nSPS) is 16.9. The van der Waals surface area contributed by atoms with Crippen LogP contribution in [0.3, 0.4) is 0 Å². The number of hydrogen-bond donors (Lipinski definition) is 3. The lowest BCUT2D eigenvalue weighted by atomic mass is 10.1. The van der Waals surface area contributed by atoms with Crippen LogP contribution in [0, 0.1) is 13.8 Å². The molecule has 3 N–H and O–H groups in total. The Morgan fingerprint density at radius 3 is 2.79 bits per heavy atom. The van der Waals surface area contributed by atoms with Crippen LogP contribution in [-0.2, 0) is 26.9 Å². The zero-order chi connectivity index (χ0) is 23.8. The Kier molecular flexibility index (Phi) is 6.11. The van der Waals surface area contributed by atoms with Crippen molar-refractivity contribution in [2.45, 2.75) is 39.0 Å². The molecule has 1 atom stereocenters. The van der Waals surface area contributed by atoms with Crippen LogP contribution >= 0.6 is 0 Å². The predicted molar refractivity (Wildman–Crippen MR) is 112 cm³/mol. The molecule has 0 spiro atoms. The number of amides is 2. The third-order valence-corrected chi connectivity index (χ3v) is 5.60. The van der Waals surface area contributed by atoms with Crippen molar-refractivity contribution in [3.8, 4) is 0 Å². The maximum atomic E-state index is 12.8. The standard InChI is InChI=1S/C21H23F3N6O3/c1-11-14(12(2)29-28-11)4-6-18(31)30-7-8-33-17(10-30)19(32)25-13-3-5-15-16(9-13)27-20(26-15)21(22,23)24/h3,5,9,17H,4,6-8,10H2,1-2H3,(H,25,32)(H,26,27)(H,28,29). The van der Waals surface area contributed by atoms with Gasteiger partial charge in [-0.3, -0.25) is 14.7 Å². The molecule has 1 unspecified atom stereocenters. The summed E-state index contributed by atoms with van der Waals surface area (Å²) < 4.78 is 44.0. The van der Waals surface area contributed by atoms with Gasteiger partial charge < -0.3 is 19.9 Å². The molecule has 12 heteroatoms. The number of fused-ring (bicyclic) bond motifs is 1. The second-order valence-electron chi connectivity index (χ2n) is 7.92. The third kappa shape index (κ3) is 5.00. The minimum absolute atomic E-state index is 0.0883. The van der Waals surface area contributed by atoms with E-state index in [1.165, 1.54) is 18.2 Å². The van der Waals surface area contributed by atoms with Crippen LogP contribution in [-0.4, -0.2) is 62.7 Å². The molecule has 1 aliphatic rings. The van der Waals surface area contributed by atoms with Crippen molar-refractivity contribution in [1.82, 2.24) is 25.1 Å². The first-order valence-corrected chi connectivity index (χ1v) is 10.4. The number of anilines is 1. The second-order valence-corrected chi connectivity index (χ2v) is 7.92. The average molecular weight is 464 g/mol. The number of H-pyrrole nitrogens is 2. The van der Waals surface area contributed by atoms with Crippen molar-refractivity contribution in [3.63, 3.8) is 0 Å². The smallest absolute Gasteiger partial charge is 0.365 e. The minimum Gasteiger partial charge on any atom is -0.365 e. The highest BCUT2D eigenvalue weighted by Crippen LogP contribution is 2.29. The Labute approximate surface area is 186 Å². The fourth-order valence-electron chi connectivity index (χ4n) is 3.81. The van der Waals surface area contributed by atoms with E-state index in [0.29, 0.717) is 18.7 Å². The summed E-state index contributed by atoms with van der Waals surface area (Å²) in [7, 11) is 0. The van der Waals surface area contributed by atoms with Crippen molar-refractivity contribution in [2.75, 3.05) is 25.0 Å². The highest BCUT2D eigenvalue weighted by Gasteiger charge is 2.35. The van der Waals surface area contributed by atoms with Gasteiger partial charge in [0.1, 0.15) is 0 Å². The number of hydrogen-bond acceptors (Lipinski definition) is 5. The van der Waals surface area contributed by atoms with E-state index in [1.54, 1.807) is 4.90 Å². The van der Waals surface area contributed by atoms with Crippen LogP contribution in [0.1, 0.15) is 29.2 Å². The lowest BCUT2D eigenvalue weighted by molar-refractivity contribution is -0.145. The lowest BCUT2D eigenvalue weighted by Gasteiger charge is -2.32. The van der Waals surface area contributed by atoms with Gasteiger partial charge in [-0.2, -0.15) is 18.3 Å². The molecular formula is C21H23F3N6O3. The Morgan fingerprint density at radius 2 is 2.09 bits per heavy atom. The summed E-state index contributed by atoms with van der Waals surface area (Å²) in [5.41, 5.74) is 3.37. The summed E-state index contributed by atoms with van der Waals surface area (Å²) in [6.07, 6.45) is -4.65.